The molecule has 1 N–H and O–H groups in total. The molecule has 1 aliphatic carbocycles. The summed E-state index contributed by atoms with van der Waals surface area (Å²) >= 11 is 0. The van der Waals surface area contributed by atoms with E-state index in [1.165, 1.54) is 12.0 Å². The lowest BCUT2D eigenvalue weighted by molar-refractivity contribution is 0.617. The van der Waals surface area contributed by atoms with Crippen LogP contribution in [0.3, 0.4) is 0 Å². The second kappa shape index (κ2) is 3.15. The second-order valence-corrected chi connectivity index (χ2v) is 4.24. The van der Waals surface area contributed by atoms with Crippen LogP contribution in [0, 0.1) is 5.92 Å². The summed E-state index contributed by atoms with van der Waals surface area (Å²) in [5.41, 5.74) is 1.94. The summed E-state index contributed by atoms with van der Waals surface area (Å²) in [6.45, 7) is 3.51. The lowest BCUT2D eigenvalue weighted by Gasteiger charge is -2.11. The minimum absolute atomic E-state index is 0.449. The Morgan fingerprint density at radius 2 is 2.08 bits per heavy atom. The molecular formula is C12H17N. The molecule has 0 unspecified atom stereocenters. The molecule has 1 aliphatic rings. The zero-order valence-electron chi connectivity index (χ0n) is 8.38. The molecule has 1 heteroatoms. The Morgan fingerprint density at radius 3 is 2.69 bits per heavy atom. The average Bonchev–Trinajstić information content (AvgIpc) is 2.81. The number of hydrogen-bond acceptors (Lipinski definition) is 1. The van der Waals surface area contributed by atoms with Gasteiger partial charge in [0.2, 0.25) is 0 Å². The minimum atomic E-state index is 0.449. The molecule has 13 heavy (non-hydrogen) atoms. The van der Waals surface area contributed by atoms with Crippen LogP contribution in [-0.4, -0.2) is 13.6 Å². The quantitative estimate of drug-likeness (QED) is 0.742. The lowest BCUT2D eigenvalue weighted by atomic mass is 9.96. The van der Waals surface area contributed by atoms with Gasteiger partial charge in [-0.05, 0) is 36.9 Å². The minimum Gasteiger partial charge on any atom is -0.319 e. The van der Waals surface area contributed by atoms with E-state index < -0.39 is 0 Å². The van der Waals surface area contributed by atoms with Gasteiger partial charge in [0.05, 0.1) is 0 Å². The van der Waals surface area contributed by atoms with Gasteiger partial charge in [-0.15, -0.1) is 0 Å². The molecule has 0 radical (unpaired) electrons. The lowest BCUT2D eigenvalue weighted by Crippen LogP contribution is -2.15. The molecule has 0 aromatic heterocycles. The van der Waals surface area contributed by atoms with Crippen molar-refractivity contribution in [3.63, 3.8) is 0 Å². The molecule has 0 saturated heterocycles. The highest BCUT2D eigenvalue weighted by Crippen LogP contribution is 2.53. The van der Waals surface area contributed by atoms with Gasteiger partial charge in [0.1, 0.15) is 0 Å². The first-order valence-electron chi connectivity index (χ1n) is 4.97. The van der Waals surface area contributed by atoms with Gasteiger partial charge in [-0.3, -0.25) is 0 Å². The summed E-state index contributed by atoms with van der Waals surface area (Å²) in [4.78, 5) is 0. The zero-order chi connectivity index (χ0) is 9.31. The third-order valence-electron chi connectivity index (χ3n) is 3.30. The largest absolute Gasteiger partial charge is 0.319 e. The first-order chi connectivity index (χ1) is 6.27. The summed E-state index contributed by atoms with van der Waals surface area (Å²) in [6.07, 6.45) is 1.33. The van der Waals surface area contributed by atoms with Gasteiger partial charge in [-0.25, -0.2) is 0 Å². The van der Waals surface area contributed by atoms with E-state index >= 15 is 0 Å². The second-order valence-electron chi connectivity index (χ2n) is 4.24. The fraction of sp³-hybridized carbons (Fsp3) is 0.500. The third-order valence-corrected chi connectivity index (χ3v) is 3.30. The summed E-state index contributed by atoms with van der Waals surface area (Å²) in [6, 6.07) is 10.8. The van der Waals surface area contributed by atoms with Crippen LogP contribution in [-0.2, 0) is 5.41 Å². The van der Waals surface area contributed by atoms with Crippen LogP contribution in [0.1, 0.15) is 18.9 Å². The van der Waals surface area contributed by atoms with Crippen LogP contribution in [0.2, 0.25) is 0 Å². The molecule has 2 atom stereocenters. The van der Waals surface area contributed by atoms with Gasteiger partial charge in [-0.2, -0.15) is 0 Å². The molecule has 70 valence electrons. The Hall–Kier alpha value is -0.820. The molecule has 1 aromatic rings. The zero-order valence-corrected chi connectivity index (χ0v) is 8.38. The molecule has 1 aromatic carbocycles. The highest BCUT2D eigenvalue weighted by molar-refractivity contribution is 5.32. The van der Waals surface area contributed by atoms with Crippen molar-refractivity contribution < 1.29 is 0 Å². The fourth-order valence-corrected chi connectivity index (χ4v) is 2.17. The van der Waals surface area contributed by atoms with Crippen molar-refractivity contribution in [3.8, 4) is 0 Å². The Balaban J connectivity index is 2.11. The van der Waals surface area contributed by atoms with Crippen molar-refractivity contribution in [1.29, 1.82) is 0 Å². The molecular weight excluding hydrogens is 158 g/mol. The van der Waals surface area contributed by atoms with Crippen molar-refractivity contribution in [1.82, 2.24) is 5.32 Å². The maximum Gasteiger partial charge on any atom is -0.00148 e. The monoisotopic (exact) mass is 175 g/mol. The molecule has 0 spiro atoms. The Labute approximate surface area is 80.2 Å². The molecule has 0 amide bonds. The number of benzene rings is 1. The first-order valence-corrected chi connectivity index (χ1v) is 4.97. The van der Waals surface area contributed by atoms with Crippen molar-refractivity contribution in [3.05, 3.63) is 35.9 Å². The van der Waals surface area contributed by atoms with E-state index in [1.54, 1.807) is 0 Å². The Kier molecular flexibility index (Phi) is 2.12. The molecule has 1 fully saturated rings. The molecule has 0 bridgehead atoms. The summed E-state index contributed by atoms with van der Waals surface area (Å²) in [5, 5.41) is 3.25. The molecule has 0 aliphatic heterocycles. The van der Waals surface area contributed by atoms with Gasteiger partial charge in [-0.1, -0.05) is 37.3 Å². The van der Waals surface area contributed by atoms with E-state index in [9.17, 15) is 0 Å². The van der Waals surface area contributed by atoms with Crippen LogP contribution >= 0.6 is 0 Å². The maximum absolute atomic E-state index is 3.25. The van der Waals surface area contributed by atoms with Gasteiger partial charge < -0.3 is 5.32 Å². The van der Waals surface area contributed by atoms with E-state index in [1.807, 2.05) is 7.05 Å². The normalized spacial score (nSPS) is 31.7. The van der Waals surface area contributed by atoms with E-state index in [0.29, 0.717) is 5.41 Å². The first kappa shape index (κ1) is 8.76. The summed E-state index contributed by atoms with van der Waals surface area (Å²) < 4.78 is 0. The van der Waals surface area contributed by atoms with E-state index in [4.69, 9.17) is 0 Å². The van der Waals surface area contributed by atoms with Crippen LogP contribution in [0.15, 0.2) is 30.3 Å². The predicted octanol–water partition coefficient (Wildman–Crippen LogP) is 2.18. The van der Waals surface area contributed by atoms with Gasteiger partial charge in [0, 0.05) is 0 Å². The van der Waals surface area contributed by atoms with E-state index in [0.717, 1.165) is 12.5 Å². The molecule has 1 saturated carbocycles. The summed E-state index contributed by atoms with van der Waals surface area (Å²) in [5.74, 6) is 0.833. The molecule has 1 nitrogen and oxygen atoms in total. The smallest absolute Gasteiger partial charge is 0.00148 e. The van der Waals surface area contributed by atoms with Gasteiger partial charge in [0.15, 0.2) is 0 Å². The molecule has 0 heterocycles. The van der Waals surface area contributed by atoms with E-state index in [-0.39, 0.29) is 0 Å². The maximum atomic E-state index is 3.25. The number of hydrogen-bond donors (Lipinski definition) is 1. The molecule has 2 rings (SSSR count). The van der Waals surface area contributed by atoms with Gasteiger partial charge >= 0.3 is 0 Å². The van der Waals surface area contributed by atoms with Crippen LogP contribution in [0.25, 0.3) is 0 Å². The van der Waals surface area contributed by atoms with Crippen molar-refractivity contribution >= 4 is 0 Å². The van der Waals surface area contributed by atoms with Crippen molar-refractivity contribution in [2.45, 2.75) is 18.8 Å². The number of rotatable bonds is 3. The van der Waals surface area contributed by atoms with Crippen LogP contribution in [0.5, 0.6) is 0 Å². The predicted molar refractivity (Wildman–Crippen MR) is 55.8 cm³/mol. The standard InChI is InChI=1S/C12H17N/c1-12(8-11(12)9-13-2)10-6-4-3-5-7-10/h3-7,11,13H,8-9H2,1-2H3/t11-,12+/m0/s1. The fourth-order valence-electron chi connectivity index (χ4n) is 2.17. The van der Waals surface area contributed by atoms with Crippen LogP contribution < -0.4 is 5.32 Å². The van der Waals surface area contributed by atoms with Gasteiger partial charge in [0.25, 0.3) is 0 Å². The number of nitrogens with one attached hydrogen (secondary N) is 1. The highest BCUT2D eigenvalue weighted by atomic mass is 14.8. The van der Waals surface area contributed by atoms with Crippen molar-refractivity contribution in [2.24, 2.45) is 5.92 Å². The average molecular weight is 175 g/mol. The third kappa shape index (κ3) is 1.49. The van der Waals surface area contributed by atoms with Crippen LogP contribution in [0.4, 0.5) is 0 Å². The van der Waals surface area contributed by atoms with Crippen molar-refractivity contribution in [2.75, 3.05) is 13.6 Å². The highest BCUT2D eigenvalue weighted by Gasteiger charge is 2.50. The Bertz CT molecular complexity index is 280. The summed E-state index contributed by atoms with van der Waals surface area (Å²) in [7, 11) is 2.03. The van der Waals surface area contributed by atoms with E-state index in [2.05, 4.69) is 42.6 Å². The SMILES string of the molecule is CNC[C@@H]1C[C@]1(C)c1ccccc1. The Morgan fingerprint density at radius 1 is 1.38 bits per heavy atom. The topological polar surface area (TPSA) is 12.0 Å².